The summed E-state index contributed by atoms with van der Waals surface area (Å²) in [6, 6.07) is 0. The van der Waals surface area contributed by atoms with Gasteiger partial charge in [0.05, 0.1) is 13.2 Å². The molecule has 1 aliphatic carbocycles. The Hall–Kier alpha value is -2.30. The number of hydrogen-bond donors (Lipinski definition) is 11. The van der Waals surface area contributed by atoms with Crippen molar-refractivity contribution in [1.82, 2.24) is 0 Å². The highest BCUT2D eigenvalue weighted by Crippen LogP contribution is 2.49. The van der Waals surface area contributed by atoms with Gasteiger partial charge >= 0.3 is 25.7 Å². The summed E-state index contributed by atoms with van der Waals surface area (Å²) >= 11 is 0. The molecule has 3 fully saturated rings. The largest absolute Gasteiger partial charge is 0.472 e. The van der Waals surface area contributed by atoms with E-state index >= 15 is 0 Å². The summed E-state index contributed by atoms with van der Waals surface area (Å²) in [7, 11) is -5.70. The fourth-order valence-corrected chi connectivity index (χ4v) is 13.5. The molecule has 0 radical (unpaired) electrons. The Morgan fingerprint density at radius 1 is 0.392 bits per heavy atom. The SMILES string of the molecule is CCCCCCCCC/C=C\CCCCCC(=O)OCC(COP(=O)(O)OC1C(OC2OC(CO)C(O)C(O)C2O)C(O)C(O)C(O)C1OC1OC(COC(=O)CCCCCCCCCCCCCCC)C(O)C(O)C1O)OC(=O)CCCCCCCCCCCCCCCCC. The number of aliphatic hydroxyl groups excluding tert-OH is 10. The second-order valence-corrected chi connectivity index (χ2v) is 28.8. The molecule has 0 aromatic carbocycles. The molecule has 0 bridgehead atoms. The molecule has 0 aromatic rings. The van der Waals surface area contributed by atoms with Crippen molar-refractivity contribution in [1.29, 1.82) is 0 Å². The van der Waals surface area contributed by atoms with Crippen LogP contribution in [-0.4, -0.2) is 204 Å². The average molecular weight is 1410 g/mol. The van der Waals surface area contributed by atoms with Crippen LogP contribution in [0.3, 0.4) is 0 Å². The van der Waals surface area contributed by atoms with Gasteiger partial charge in [0.25, 0.3) is 0 Å². The Kier molecular flexibility index (Phi) is 49.8. The summed E-state index contributed by atoms with van der Waals surface area (Å²) in [5, 5.41) is 110. The maximum absolute atomic E-state index is 14.3. The first-order valence-electron chi connectivity index (χ1n) is 38.0. The zero-order valence-corrected chi connectivity index (χ0v) is 60.3. The molecule has 24 nitrogen and oxygen atoms in total. The molecular formula is C72H133O24P. The van der Waals surface area contributed by atoms with Crippen LogP contribution in [0.25, 0.3) is 0 Å². The standard InChI is InChI=1S/C72H133O24P/c1-4-7-10-13-16-19-22-25-27-30-33-36-39-42-45-48-58(76)91-53(50-88-56(74)46-43-40-37-34-32-29-26-23-20-17-14-11-8-5-2)51-90-97(86,87)96-70-68(94-71-66(84)61(79)59(77)54(49-73)92-71)64(82)63(81)65(83)69(70)95-72-67(85)62(80)60(78)55(93-72)52-89-57(75)47-44-41-38-35-31-28-24-21-18-15-12-9-6-3/h29,32,53-55,59-73,77-85H,4-28,30-31,33-52H2,1-3H3,(H,86,87)/b32-29-. The molecule has 0 spiro atoms. The van der Waals surface area contributed by atoms with Crippen molar-refractivity contribution in [2.75, 3.05) is 26.4 Å². The van der Waals surface area contributed by atoms with Gasteiger partial charge in [-0.05, 0) is 44.9 Å². The number of hydrogen-bond acceptors (Lipinski definition) is 23. The molecule has 0 amide bonds. The topological polar surface area (TPSA) is 374 Å². The summed E-state index contributed by atoms with van der Waals surface area (Å²) in [5.41, 5.74) is 0. The van der Waals surface area contributed by atoms with Gasteiger partial charge in [-0.15, -0.1) is 0 Å². The molecule has 97 heavy (non-hydrogen) atoms. The van der Waals surface area contributed by atoms with E-state index in [0.29, 0.717) is 19.3 Å². The van der Waals surface area contributed by atoms with Gasteiger partial charge in [-0.25, -0.2) is 4.57 Å². The fourth-order valence-electron chi connectivity index (χ4n) is 12.6. The van der Waals surface area contributed by atoms with Gasteiger partial charge in [0.1, 0.15) is 98.7 Å². The fraction of sp³-hybridized carbons (Fsp3) is 0.931. The summed E-state index contributed by atoms with van der Waals surface area (Å²) < 4.78 is 65.0. The van der Waals surface area contributed by atoms with Gasteiger partial charge in [-0.2, -0.15) is 0 Å². The highest BCUT2D eigenvalue weighted by atomic mass is 31.2. The van der Waals surface area contributed by atoms with E-state index in [1.807, 2.05) is 0 Å². The zero-order valence-electron chi connectivity index (χ0n) is 59.4. The molecule has 11 N–H and O–H groups in total. The third-order valence-electron chi connectivity index (χ3n) is 18.8. The van der Waals surface area contributed by atoms with Crippen LogP contribution in [0.1, 0.15) is 297 Å². The van der Waals surface area contributed by atoms with Crippen LogP contribution in [0.5, 0.6) is 0 Å². The van der Waals surface area contributed by atoms with E-state index in [-0.39, 0.29) is 19.3 Å². The Labute approximate surface area is 580 Å². The van der Waals surface area contributed by atoms with Crippen LogP contribution < -0.4 is 0 Å². The number of unbranched alkanes of at least 4 members (excludes halogenated alkanes) is 36. The van der Waals surface area contributed by atoms with Crippen LogP contribution in [0.15, 0.2) is 12.2 Å². The number of phosphoric acid groups is 1. The van der Waals surface area contributed by atoms with Gasteiger partial charge in [0, 0.05) is 19.3 Å². The van der Waals surface area contributed by atoms with E-state index in [2.05, 4.69) is 32.9 Å². The van der Waals surface area contributed by atoms with Gasteiger partial charge < -0.3 is 89.1 Å². The van der Waals surface area contributed by atoms with Gasteiger partial charge in [-0.1, -0.05) is 245 Å². The van der Waals surface area contributed by atoms with Crippen molar-refractivity contribution in [2.45, 2.75) is 401 Å². The lowest BCUT2D eigenvalue weighted by atomic mass is 9.84. The van der Waals surface area contributed by atoms with Crippen molar-refractivity contribution in [3.05, 3.63) is 12.2 Å². The molecule has 25 heteroatoms. The number of esters is 3. The monoisotopic (exact) mass is 1410 g/mol. The van der Waals surface area contributed by atoms with Crippen LogP contribution in [0, 0.1) is 0 Å². The molecule has 2 heterocycles. The summed E-state index contributed by atoms with van der Waals surface area (Å²) in [5.74, 6) is -2.00. The molecular weight excluding hydrogens is 1280 g/mol. The lowest BCUT2D eigenvalue weighted by Gasteiger charge is -2.49. The van der Waals surface area contributed by atoms with Crippen LogP contribution in [0.2, 0.25) is 0 Å². The van der Waals surface area contributed by atoms with Gasteiger partial charge in [-0.3, -0.25) is 23.4 Å². The number of carbonyl (C=O) groups excluding carboxylic acids is 3. The molecule has 0 aromatic heterocycles. The predicted octanol–water partition coefficient (Wildman–Crippen LogP) is 10.4. The Morgan fingerprint density at radius 3 is 1.12 bits per heavy atom. The molecule has 570 valence electrons. The highest BCUT2D eigenvalue weighted by Gasteiger charge is 2.58. The number of carbonyl (C=O) groups is 3. The molecule has 3 rings (SSSR count). The number of ether oxygens (including phenoxy) is 7. The second-order valence-electron chi connectivity index (χ2n) is 27.4. The summed E-state index contributed by atoms with van der Waals surface area (Å²) in [4.78, 5) is 51.0. The molecule has 18 atom stereocenters. The minimum absolute atomic E-state index is 0.0280. The maximum Gasteiger partial charge on any atom is 0.472 e. The van der Waals surface area contributed by atoms with Gasteiger partial charge in [0.15, 0.2) is 18.7 Å². The van der Waals surface area contributed by atoms with Crippen molar-refractivity contribution < 1.29 is 117 Å². The lowest BCUT2D eigenvalue weighted by Crippen LogP contribution is -2.69. The van der Waals surface area contributed by atoms with Crippen molar-refractivity contribution in [3.63, 3.8) is 0 Å². The van der Waals surface area contributed by atoms with Crippen LogP contribution >= 0.6 is 7.82 Å². The number of allylic oxidation sites excluding steroid dienone is 2. The van der Waals surface area contributed by atoms with Crippen molar-refractivity contribution >= 4 is 25.7 Å². The second kappa shape index (κ2) is 54.4. The van der Waals surface area contributed by atoms with Crippen LogP contribution in [-0.2, 0) is 61.2 Å². The summed E-state index contributed by atoms with van der Waals surface area (Å²) in [6.45, 7) is 3.44. The quantitative estimate of drug-likeness (QED) is 0.00886. The first-order chi connectivity index (χ1) is 46.8. The van der Waals surface area contributed by atoms with E-state index in [4.69, 9.17) is 42.2 Å². The molecule has 1 saturated carbocycles. The highest BCUT2D eigenvalue weighted by molar-refractivity contribution is 7.47. The van der Waals surface area contributed by atoms with Crippen LogP contribution in [0.4, 0.5) is 0 Å². The third-order valence-corrected chi connectivity index (χ3v) is 19.8. The van der Waals surface area contributed by atoms with Crippen molar-refractivity contribution in [3.8, 4) is 0 Å². The minimum atomic E-state index is -5.70. The normalized spacial score (nSPS) is 27.8. The molecule has 3 aliphatic rings. The van der Waals surface area contributed by atoms with Crippen molar-refractivity contribution in [2.24, 2.45) is 0 Å². The van der Waals surface area contributed by atoms with E-state index in [1.54, 1.807) is 0 Å². The van der Waals surface area contributed by atoms with E-state index in [9.17, 15) is 74.9 Å². The first kappa shape index (κ1) is 88.9. The number of aliphatic hydroxyl groups is 10. The van der Waals surface area contributed by atoms with Gasteiger partial charge in [0.2, 0.25) is 0 Å². The maximum atomic E-state index is 14.3. The first-order valence-corrected chi connectivity index (χ1v) is 39.5. The average Bonchev–Trinajstić information content (AvgIpc) is 0.763. The third kappa shape index (κ3) is 37.6. The van der Waals surface area contributed by atoms with E-state index in [1.165, 1.54) is 141 Å². The lowest BCUT2D eigenvalue weighted by molar-refractivity contribution is -0.360. The van der Waals surface area contributed by atoms with E-state index < -0.39 is 156 Å². The summed E-state index contributed by atoms with van der Waals surface area (Å²) in [6.07, 6.45) is 12.8. The molecule has 18 unspecified atom stereocenters. The predicted molar refractivity (Wildman–Crippen MR) is 365 cm³/mol. The zero-order chi connectivity index (χ0) is 71.1. The minimum Gasteiger partial charge on any atom is -0.463 e. The Balaban J connectivity index is 1.74. The number of phosphoric ester groups is 1. The van der Waals surface area contributed by atoms with E-state index in [0.717, 1.165) is 96.3 Å². The Bertz CT molecular complexity index is 2060. The molecule has 2 saturated heterocycles. The number of rotatable bonds is 59. The Morgan fingerprint density at radius 2 is 0.722 bits per heavy atom. The molecule has 2 aliphatic heterocycles. The smallest absolute Gasteiger partial charge is 0.463 e.